The van der Waals surface area contributed by atoms with Gasteiger partial charge in [0.2, 0.25) is 0 Å². The van der Waals surface area contributed by atoms with E-state index in [0.717, 1.165) is 27.6 Å². The lowest BCUT2D eigenvalue weighted by Crippen LogP contribution is -2.32. The Balaban J connectivity index is 1.71. The van der Waals surface area contributed by atoms with Crippen molar-refractivity contribution in [3.8, 4) is 11.3 Å². The fourth-order valence-corrected chi connectivity index (χ4v) is 4.93. The zero-order chi connectivity index (χ0) is 25.7. The average Bonchev–Trinajstić information content (AvgIpc) is 3.33. The molecule has 0 aliphatic carbocycles. The Hall–Kier alpha value is -3.98. The van der Waals surface area contributed by atoms with E-state index in [1.165, 1.54) is 11.3 Å². The Kier molecular flexibility index (Phi) is 7.80. The molecule has 3 heterocycles. The monoisotopic (exact) mass is 504 g/mol. The topological polar surface area (TPSA) is 102 Å². The molecule has 9 heteroatoms. The summed E-state index contributed by atoms with van der Waals surface area (Å²) in [5, 5.41) is 9.20. The SMILES string of the molecule is CCOC(=O)C1=C(C)NC(C)=C(C(=O)OCC)C1c1cccc(Nc2nc(-c3ccncc3)cs2)c1. The van der Waals surface area contributed by atoms with Crippen LogP contribution in [0.1, 0.15) is 39.2 Å². The van der Waals surface area contributed by atoms with E-state index in [1.807, 2.05) is 55.6 Å². The zero-order valence-electron chi connectivity index (χ0n) is 20.6. The quantitative estimate of drug-likeness (QED) is 0.398. The van der Waals surface area contributed by atoms with Crippen molar-refractivity contribution in [2.75, 3.05) is 18.5 Å². The average molecular weight is 505 g/mol. The summed E-state index contributed by atoms with van der Waals surface area (Å²) in [5.74, 6) is -1.58. The van der Waals surface area contributed by atoms with Gasteiger partial charge in [-0.3, -0.25) is 4.98 Å². The highest BCUT2D eigenvalue weighted by molar-refractivity contribution is 7.14. The Labute approximate surface area is 214 Å². The fourth-order valence-electron chi connectivity index (χ4n) is 4.19. The van der Waals surface area contributed by atoms with Crippen LogP contribution in [-0.4, -0.2) is 35.1 Å². The maximum absolute atomic E-state index is 13.0. The minimum Gasteiger partial charge on any atom is -0.463 e. The third-order valence-corrected chi connectivity index (χ3v) is 6.46. The smallest absolute Gasteiger partial charge is 0.336 e. The van der Waals surface area contributed by atoms with Crippen molar-refractivity contribution in [2.24, 2.45) is 0 Å². The van der Waals surface area contributed by atoms with Crippen LogP contribution in [0.5, 0.6) is 0 Å². The number of carbonyl (C=O) groups is 2. The molecular formula is C27H28N4O4S. The molecular weight excluding hydrogens is 476 g/mol. The largest absolute Gasteiger partial charge is 0.463 e. The first kappa shape index (κ1) is 25.1. The van der Waals surface area contributed by atoms with Crippen LogP contribution in [0.15, 0.2) is 76.7 Å². The molecule has 36 heavy (non-hydrogen) atoms. The van der Waals surface area contributed by atoms with Gasteiger partial charge in [-0.1, -0.05) is 12.1 Å². The van der Waals surface area contributed by atoms with Gasteiger partial charge in [-0.15, -0.1) is 11.3 Å². The predicted molar refractivity (Wildman–Crippen MR) is 140 cm³/mol. The molecule has 0 fully saturated rings. The van der Waals surface area contributed by atoms with Crippen LogP contribution in [-0.2, 0) is 19.1 Å². The number of dihydropyridines is 1. The van der Waals surface area contributed by atoms with E-state index in [4.69, 9.17) is 9.47 Å². The van der Waals surface area contributed by atoms with Crippen LogP contribution < -0.4 is 10.6 Å². The third kappa shape index (κ3) is 5.31. The second-order valence-corrected chi connectivity index (χ2v) is 8.96. The molecule has 0 saturated carbocycles. The number of hydrogen-bond donors (Lipinski definition) is 2. The molecule has 2 N–H and O–H groups in total. The number of allylic oxidation sites excluding steroid dienone is 2. The number of thiazole rings is 1. The summed E-state index contributed by atoms with van der Waals surface area (Å²) >= 11 is 1.49. The molecule has 0 bridgehead atoms. The van der Waals surface area contributed by atoms with E-state index in [2.05, 4.69) is 20.6 Å². The predicted octanol–water partition coefficient (Wildman–Crippen LogP) is 5.31. The van der Waals surface area contributed by atoms with Crippen LogP contribution in [0, 0.1) is 0 Å². The normalized spacial score (nSPS) is 13.9. The molecule has 1 aromatic carbocycles. The number of esters is 2. The van der Waals surface area contributed by atoms with E-state index < -0.39 is 17.9 Å². The number of anilines is 2. The summed E-state index contributed by atoms with van der Waals surface area (Å²) in [7, 11) is 0. The van der Waals surface area contributed by atoms with E-state index in [0.29, 0.717) is 22.5 Å². The van der Waals surface area contributed by atoms with Crippen molar-refractivity contribution in [3.05, 3.63) is 82.3 Å². The molecule has 2 aromatic heterocycles. The molecule has 8 nitrogen and oxygen atoms in total. The second-order valence-electron chi connectivity index (χ2n) is 8.10. The van der Waals surface area contributed by atoms with Crippen molar-refractivity contribution in [2.45, 2.75) is 33.6 Å². The van der Waals surface area contributed by atoms with Crippen LogP contribution >= 0.6 is 11.3 Å². The summed E-state index contributed by atoms with van der Waals surface area (Å²) in [5.41, 5.74) is 5.44. The van der Waals surface area contributed by atoms with Gasteiger partial charge in [-0.25, -0.2) is 14.6 Å². The number of rotatable bonds is 8. The van der Waals surface area contributed by atoms with E-state index in [1.54, 1.807) is 26.2 Å². The van der Waals surface area contributed by atoms with Crippen molar-refractivity contribution in [3.63, 3.8) is 0 Å². The highest BCUT2D eigenvalue weighted by Gasteiger charge is 2.38. The lowest BCUT2D eigenvalue weighted by atomic mass is 9.80. The molecule has 0 amide bonds. The first-order chi connectivity index (χ1) is 17.4. The van der Waals surface area contributed by atoms with Gasteiger partial charge in [0.05, 0.1) is 36.0 Å². The Morgan fingerprint density at radius 1 is 1.00 bits per heavy atom. The van der Waals surface area contributed by atoms with Crippen molar-refractivity contribution in [1.29, 1.82) is 0 Å². The van der Waals surface area contributed by atoms with Crippen LogP contribution in [0.4, 0.5) is 10.8 Å². The summed E-state index contributed by atoms with van der Waals surface area (Å²) in [4.78, 5) is 34.8. The van der Waals surface area contributed by atoms with E-state index in [-0.39, 0.29) is 13.2 Å². The number of nitrogens with zero attached hydrogens (tertiary/aromatic N) is 2. The standard InChI is InChI=1S/C27H28N4O4S/c1-5-34-25(32)22-16(3)29-17(4)23(26(33)35-6-2)24(22)19-8-7-9-20(14-19)30-27-31-21(15-36-27)18-10-12-28-13-11-18/h7-15,24,29H,5-6H2,1-4H3,(H,30,31). The molecule has 0 radical (unpaired) electrons. The number of carbonyl (C=O) groups excluding carboxylic acids is 2. The second kappa shape index (κ2) is 11.2. The first-order valence-corrected chi connectivity index (χ1v) is 12.6. The highest BCUT2D eigenvalue weighted by atomic mass is 32.1. The minimum atomic E-state index is -0.644. The maximum atomic E-state index is 13.0. The molecule has 0 atom stereocenters. The number of ether oxygens (including phenoxy) is 2. The summed E-state index contributed by atoms with van der Waals surface area (Å²) in [6.07, 6.45) is 3.47. The Bertz CT molecular complexity index is 1290. The third-order valence-electron chi connectivity index (χ3n) is 5.70. The van der Waals surface area contributed by atoms with Gasteiger partial charge in [0.15, 0.2) is 5.13 Å². The molecule has 1 aliphatic rings. The first-order valence-electron chi connectivity index (χ1n) is 11.7. The maximum Gasteiger partial charge on any atom is 0.336 e. The van der Waals surface area contributed by atoms with E-state index in [9.17, 15) is 9.59 Å². The van der Waals surface area contributed by atoms with Crippen LogP contribution in [0.3, 0.4) is 0 Å². The Morgan fingerprint density at radius 2 is 1.64 bits per heavy atom. The van der Waals surface area contributed by atoms with Crippen LogP contribution in [0.2, 0.25) is 0 Å². The van der Waals surface area contributed by atoms with Gasteiger partial charge in [0, 0.05) is 40.4 Å². The van der Waals surface area contributed by atoms with Gasteiger partial charge in [-0.2, -0.15) is 0 Å². The summed E-state index contributed by atoms with van der Waals surface area (Å²) < 4.78 is 10.7. The molecule has 186 valence electrons. The molecule has 3 aromatic rings. The van der Waals surface area contributed by atoms with Crippen molar-refractivity contribution >= 4 is 34.1 Å². The fraction of sp³-hybridized carbons (Fsp3) is 0.259. The molecule has 0 saturated heterocycles. The molecule has 0 unspecified atom stereocenters. The molecule has 1 aliphatic heterocycles. The van der Waals surface area contributed by atoms with Gasteiger partial charge >= 0.3 is 11.9 Å². The van der Waals surface area contributed by atoms with Crippen LogP contribution in [0.25, 0.3) is 11.3 Å². The van der Waals surface area contributed by atoms with Gasteiger partial charge < -0.3 is 20.1 Å². The van der Waals surface area contributed by atoms with E-state index >= 15 is 0 Å². The zero-order valence-corrected chi connectivity index (χ0v) is 21.4. The van der Waals surface area contributed by atoms with Gasteiger partial charge in [0.25, 0.3) is 0 Å². The highest BCUT2D eigenvalue weighted by Crippen LogP contribution is 2.40. The number of hydrogen-bond acceptors (Lipinski definition) is 9. The van der Waals surface area contributed by atoms with Gasteiger partial charge in [0.1, 0.15) is 0 Å². The van der Waals surface area contributed by atoms with Crippen molar-refractivity contribution < 1.29 is 19.1 Å². The van der Waals surface area contributed by atoms with Gasteiger partial charge in [-0.05, 0) is 57.5 Å². The number of benzene rings is 1. The molecule has 4 rings (SSSR count). The Morgan fingerprint density at radius 3 is 2.25 bits per heavy atom. The number of aromatic nitrogens is 2. The summed E-state index contributed by atoms with van der Waals surface area (Å²) in [6, 6.07) is 11.4. The van der Waals surface area contributed by atoms with Crippen molar-refractivity contribution in [1.82, 2.24) is 15.3 Å². The lowest BCUT2D eigenvalue weighted by molar-refractivity contribution is -0.139. The minimum absolute atomic E-state index is 0.227. The molecule has 0 spiro atoms. The number of pyridine rings is 1. The number of nitrogens with one attached hydrogen (secondary N) is 2. The summed E-state index contributed by atoms with van der Waals surface area (Å²) in [6.45, 7) is 7.58. The lowest BCUT2D eigenvalue weighted by Gasteiger charge is -2.30.